The molecule has 1 fully saturated rings. The summed E-state index contributed by atoms with van der Waals surface area (Å²) < 4.78 is 69.4. The number of thiocarbonyl (C=S) groups is 1. The summed E-state index contributed by atoms with van der Waals surface area (Å²) in [7, 11) is 0. The van der Waals surface area contributed by atoms with E-state index in [1.165, 1.54) is 59.7 Å². The van der Waals surface area contributed by atoms with Gasteiger partial charge in [0.25, 0.3) is 6.43 Å². The first-order chi connectivity index (χ1) is 20.6. The molecule has 220 valence electrons. The third kappa shape index (κ3) is 7.39. The number of amidine groups is 1. The zero-order chi connectivity index (χ0) is 30.6. The van der Waals surface area contributed by atoms with Gasteiger partial charge in [-0.3, -0.25) is 15.1 Å². The Hall–Kier alpha value is -4.70. The molecule has 1 aliphatic heterocycles. The number of aromatic nitrogens is 3. The van der Waals surface area contributed by atoms with Gasteiger partial charge in [-0.1, -0.05) is 54.2 Å². The fraction of sp³-hybridized carbons (Fsp3) is 0.111. The Morgan fingerprint density at radius 1 is 1.07 bits per heavy atom. The number of anilines is 1. The minimum Gasteiger partial charge on any atom is -0.406 e. The molecule has 43 heavy (non-hydrogen) atoms. The molecular formula is C27H18F5N7O2S2. The predicted octanol–water partition coefficient (Wildman–Crippen LogP) is 6.11. The highest BCUT2D eigenvalue weighted by Gasteiger charge is 2.33. The van der Waals surface area contributed by atoms with Crippen molar-refractivity contribution in [1.29, 1.82) is 0 Å². The van der Waals surface area contributed by atoms with E-state index in [2.05, 4.69) is 30.3 Å². The van der Waals surface area contributed by atoms with Gasteiger partial charge in [0, 0.05) is 11.1 Å². The molecule has 3 aromatic carbocycles. The lowest BCUT2D eigenvalue weighted by Crippen LogP contribution is -2.31. The molecule has 0 unspecified atom stereocenters. The van der Waals surface area contributed by atoms with Crippen molar-refractivity contribution in [1.82, 2.24) is 20.2 Å². The maximum atomic E-state index is 13.5. The number of aliphatic imine (C=N–C) groups is 1. The van der Waals surface area contributed by atoms with Crippen molar-refractivity contribution in [2.75, 3.05) is 10.7 Å². The van der Waals surface area contributed by atoms with Gasteiger partial charge in [-0.15, -0.1) is 18.3 Å². The average molecular weight is 632 g/mol. The number of ether oxygens (including phenoxy) is 1. The van der Waals surface area contributed by atoms with Gasteiger partial charge in [-0.25, -0.2) is 18.4 Å². The van der Waals surface area contributed by atoms with Crippen LogP contribution < -0.4 is 15.1 Å². The molecule has 1 saturated heterocycles. The topological polar surface area (TPSA) is 97.0 Å². The molecule has 1 amide bonds. The molecule has 1 aliphatic rings. The van der Waals surface area contributed by atoms with Crippen molar-refractivity contribution in [2.45, 2.75) is 12.8 Å². The normalized spacial score (nSPS) is 14.7. The summed E-state index contributed by atoms with van der Waals surface area (Å²) in [6.07, 6.45) is -4.64. The summed E-state index contributed by atoms with van der Waals surface area (Å²) >= 11 is 6.28. The Bertz CT molecular complexity index is 1690. The van der Waals surface area contributed by atoms with Crippen molar-refractivity contribution in [3.05, 3.63) is 90.3 Å². The number of thioether (sulfide) groups is 1. The Kier molecular flexibility index (Phi) is 8.77. The first kappa shape index (κ1) is 29.8. The molecule has 16 heteroatoms. The summed E-state index contributed by atoms with van der Waals surface area (Å²) in [4.78, 5) is 22.0. The van der Waals surface area contributed by atoms with E-state index in [9.17, 15) is 26.7 Å². The fourth-order valence-corrected chi connectivity index (χ4v) is 4.93. The van der Waals surface area contributed by atoms with Gasteiger partial charge >= 0.3 is 6.36 Å². The van der Waals surface area contributed by atoms with Gasteiger partial charge in [0.15, 0.2) is 11.0 Å². The Morgan fingerprint density at radius 2 is 1.79 bits per heavy atom. The van der Waals surface area contributed by atoms with Crippen LogP contribution >= 0.6 is 24.0 Å². The monoisotopic (exact) mass is 631 g/mol. The molecule has 1 N–H and O–H groups in total. The van der Waals surface area contributed by atoms with Crippen molar-refractivity contribution in [3.8, 4) is 22.8 Å². The molecule has 1 aromatic heterocycles. The number of hydrogen-bond acceptors (Lipinski definition) is 7. The third-order valence-electron chi connectivity index (χ3n) is 5.74. The van der Waals surface area contributed by atoms with E-state index in [1.807, 2.05) is 0 Å². The second-order valence-corrected chi connectivity index (χ2v) is 9.95. The number of para-hydroxylation sites is 1. The summed E-state index contributed by atoms with van der Waals surface area (Å²) in [5.41, 5.74) is 4.19. The lowest BCUT2D eigenvalue weighted by molar-refractivity contribution is -0.274. The smallest absolute Gasteiger partial charge is 0.406 e. The van der Waals surface area contributed by atoms with Gasteiger partial charge in [0.05, 0.1) is 23.3 Å². The highest BCUT2D eigenvalue weighted by atomic mass is 32.2. The number of alkyl halides is 5. The van der Waals surface area contributed by atoms with E-state index in [0.717, 1.165) is 16.7 Å². The van der Waals surface area contributed by atoms with Crippen molar-refractivity contribution in [3.63, 3.8) is 0 Å². The van der Waals surface area contributed by atoms with Gasteiger partial charge < -0.3 is 4.74 Å². The number of amides is 1. The minimum atomic E-state index is -4.78. The van der Waals surface area contributed by atoms with Crippen LogP contribution in [0.15, 0.2) is 89.2 Å². The zero-order valence-corrected chi connectivity index (χ0v) is 23.2. The van der Waals surface area contributed by atoms with E-state index in [4.69, 9.17) is 12.2 Å². The number of rotatable bonds is 7. The fourth-order valence-electron chi connectivity index (χ4n) is 3.87. The van der Waals surface area contributed by atoms with Crippen molar-refractivity contribution < 1.29 is 31.5 Å². The van der Waals surface area contributed by atoms with Crippen LogP contribution in [0.1, 0.15) is 17.6 Å². The molecule has 4 aromatic rings. The van der Waals surface area contributed by atoms with Crippen molar-refractivity contribution >= 4 is 52.1 Å². The lowest BCUT2D eigenvalue weighted by Gasteiger charge is -2.19. The molecule has 0 atom stereocenters. The highest BCUT2D eigenvalue weighted by molar-refractivity contribution is 8.15. The summed E-state index contributed by atoms with van der Waals surface area (Å²) in [5.74, 6) is -0.321. The van der Waals surface area contributed by atoms with Crippen LogP contribution in [0.4, 0.5) is 27.6 Å². The third-order valence-corrected chi connectivity index (χ3v) is 6.85. The summed E-state index contributed by atoms with van der Waals surface area (Å²) in [5, 5.41) is 8.50. The van der Waals surface area contributed by atoms with Crippen LogP contribution in [0.25, 0.3) is 17.1 Å². The number of hydrazone groups is 1. The molecule has 0 bridgehead atoms. The van der Waals surface area contributed by atoms with E-state index in [1.54, 1.807) is 30.3 Å². The van der Waals surface area contributed by atoms with Crippen LogP contribution in [0, 0.1) is 0 Å². The molecule has 0 spiro atoms. The van der Waals surface area contributed by atoms with E-state index >= 15 is 0 Å². The van der Waals surface area contributed by atoms with Gasteiger partial charge in [0.1, 0.15) is 12.1 Å². The number of nitrogens with one attached hydrogen (secondary N) is 1. The van der Waals surface area contributed by atoms with Crippen molar-refractivity contribution in [2.24, 2.45) is 10.1 Å². The molecule has 0 aliphatic carbocycles. The highest BCUT2D eigenvalue weighted by Crippen LogP contribution is 2.34. The predicted molar refractivity (Wildman–Crippen MR) is 156 cm³/mol. The Morgan fingerprint density at radius 3 is 2.49 bits per heavy atom. The van der Waals surface area contributed by atoms with Crippen LogP contribution in [0.5, 0.6) is 5.75 Å². The van der Waals surface area contributed by atoms with Gasteiger partial charge in [-0.2, -0.15) is 10.1 Å². The first-order valence-corrected chi connectivity index (χ1v) is 13.6. The number of carbonyl (C=O) groups is 1. The van der Waals surface area contributed by atoms with Gasteiger partial charge in [0.2, 0.25) is 11.0 Å². The van der Waals surface area contributed by atoms with Crippen LogP contribution in [0.3, 0.4) is 0 Å². The van der Waals surface area contributed by atoms with Crippen LogP contribution in [-0.4, -0.2) is 49.3 Å². The first-order valence-electron chi connectivity index (χ1n) is 12.2. The SMILES string of the molecule is O=C1CS/C(=N\C(=S)N/N=C/c2ccc(-c3ncn(-c4ccc(OC(F)(F)F)cc4)n3)cc2)N1c1ccccc1C(F)F. The molecule has 0 radical (unpaired) electrons. The number of nitrogens with zero attached hydrogens (tertiary/aromatic N) is 6. The second-order valence-electron chi connectivity index (χ2n) is 8.62. The van der Waals surface area contributed by atoms with E-state index < -0.39 is 18.7 Å². The number of hydrogen-bond donors (Lipinski definition) is 1. The van der Waals surface area contributed by atoms with E-state index in [0.29, 0.717) is 22.6 Å². The number of halogens is 5. The largest absolute Gasteiger partial charge is 0.573 e. The van der Waals surface area contributed by atoms with Gasteiger partial charge in [-0.05, 0) is 48.1 Å². The maximum absolute atomic E-state index is 13.5. The van der Waals surface area contributed by atoms with Crippen LogP contribution in [0.2, 0.25) is 0 Å². The minimum absolute atomic E-state index is 0.0327. The number of carbonyl (C=O) groups excluding carboxylic acids is 1. The number of benzene rings is 3. The maximum Gasteiger partial charge on any atom is 0.573 e. The Labute approximate surface area is 250 Å². The quantitative estimate of drug-likeness (QED) is 0.114. The summed E-state index contributed by atoms with van der Waals surface area (Å²) in [6.45, 7) is 0. The Balaban J connectivity index is 1.21. The molecule has 0 saturated carbocycles. The second kappa shape index (κ2) is 12.7. The standard InChI is InChI=1S/C27H18F5N7O2S2/c28-23(29)20-3-1-2-4-21(20)39-22(40)14-43-26(39)35-25(42)36-34-13-16-5-7-17(8-6-16)24-33-15-38(37-24)18-9-11-19(12-10-18)41-27(30,31)32/h1-13,15,23H,14H2,(H,36,42)/b34-13+,35-26-. The van der Waals surface area contributed by atoms with Crippen LogP contribution in [-0.2, 0) is 4.79 Å². The van der Waals surface area contributed by atoms with E-state index in [-0.39, 0.29) is 33.0 Å². The lowest BCUT2D eigenvalue weighted by atomic mass is 10.1. The molecular weight excluding hydrogens is 613 g/mol. The molecule has 9 nitrogen and oxygen atoms in total. The summed E-state index contributed by atoms with van der Waals surface area (Å²) in [6, 6.07) is 17.9. The average Bonchev–Trinajstić information content (AvgIpc) is 3.60. The zero-order valence-electron chi connectivity index (χ0n) is 21.6. The molecule has 5 rings (SSSR count). The molecule has 2 heterocycles.